The van der Waals surface area contributed by atoms with E-state index in [1.807, 2.05) is 84.9 Å². The quantitative estimate of drug-likeness (QED) is 0.197. The Bertz CT molecular complexity index is 2640. The molecule has 224 valence electrons. The van der Waals surface area contributed by atoms with E-state index < -0.39 is 0 Å². The van der Waals surface area contributed by atoms with Crippen LogP contribution in [0.3, 0.4) is 0 Å². The first-order valence-electron chi connectivity index (χ1n) is 15.9. The molecule has 3 heterocycles. The van der Waals surface area contributed by atoms with Gasteiger partial charge in [0.2, 0.25) is 0 Å². The summed E-state index contributed by atoms with van der Waals surface area (Å²) >= 11 is 0. The van der Waals surface area contributed by atoms with Crippen LogP contribution in [0.2, 0.25) is 0 Å². The number of benzene rings is 7. The molecular formula is C43H25N3O2. The number of para-hydroxylation sites is 1. The van der Waals surface area contributed by atoms with Gasteiger partial charge in [0.15, 0.2) is 17.5 Å². The number of nitrogens with zero attached hydrogens (tertiary/aromatic N) is 3. The standard InChI is InChI=1S/C43H25N3O2/c1-3-11-26(12-4-1)41-44-42(27-13-5-2-6-14-27)46-43(45-41)32-22-24-38-40-31(32)17-9-18-33(40)39-29(16-10-20-37(39)48-38)28-21-23-36-34(25-28)30-15-7-8-19-35(30)47-36/h1-25H. The molecule has 2 aromatic heterocycles. The minimum absolute atomic E-state index is 0.614. The van der Waals surface area contributed by atoms with E-state index in [4.69, 9.17) is 24.1 Å². The van der Waals surface area contributed by atoms with E-state index in [-0.39, 0.29) is 0 Å². The summed E-state index contributed by atoms with van der Waals surface area (Å²) in [7, 11) is 0. The van der Waals surface area contributed by atoms with E-state index in [2.05, 4.69) is 66.7 Å². The van der Waals surface area contributed by atoms with Crippen LogP contribution in [-0.4, -0.2) is 15.0 Å². The second-order valence-electron chi connectivity index (χ2n) is 12.0. The summed E-state index contributed by atoms with van der Waals surface area (Å²) in [4.78, 5) is 15.0. The Kier molecular flexibility index (Phi) is 5.81. The summed E-state index contributed by atoms with van der Waals surface area (Å²) in [6.45, 7) is 0. The molecule has 0 saturated heterocycles. The van der Waals surface area contributed by atoms with Crippen molar-refractivity contribution in [1.82, 2.24) is 15.0 Å². The third-order valence-electron chi connectivity index (χ3n) is 9.15. The van der Waals surface area contributed by atoms with Gasteiger partial charge in [0.1, 0.15) is 22.7 Å². The normalized spacial score (nSPS) is 11.9. The van der Waals surface area contributed by atoms with Crippen molar-refractivity contribution >= 4 is 32.7 Å². The number of fused-ring (bicyclic) bond motifs is 5. The maximum Gasteiger partial charge on any atom is 0.164 e. The molecule has 0 spiro atoms. The molecule has 5 heteroatoms. The third-order valence-corrected chi connectivity index (χ3v) is 9.15. The van der Waals surface area contributed by atoms with Gasteiger partial charge in [-0.15, -0.1) is 0 Å². The highest BCUT2D eigenvalue weighted by atomic mass is 16.5. The summed E-state index contributed by atoms with van der Waals surface area (Å²) in [5.74, 6) is 3.51. The lowest BCUT2D eigenvalue weighted by atomic mass is 9.87. The molecule has 48 heavy (non-hydrogen) atoms. The fourth-order valence-corrected chi connectivity index (χ4v) is 6.94. The highest BCUT2D eigenvalue weighted by Crippen LogP contribution is 2.52. The Morgan fingerprint density at radius 3 is 1.81 bits per heavy atom. The van der Waals surface area contributed by atoms with Gasteiger partial charge in [0.25, 0.3) is 0 Å². The van der Waals surface area contributed by atoms with Crippen LogP contribution >= 0.6 is 0 Å². The summed E-state index contributed by atoms with van der Waals surface area (Å²) in [5.41, 5.74) is 8.92. The number of rotatable bonds is 4. The molecule has 0 radical (unpaired) electrons. The molecular weight excluding hydrogens is 590 g/mol. The molecule has 0 amide bonds. The van der Waals surface area contributed by atoms with E-state index in [0.717, 1.165) is 83.2 Å². The van der Waals surface area contributed by atoms with Gasteiger partial charge in [0.05, 0.1) is 0 Å². The van der Waals surface area contributed by atoms with E-state index in [1.165, 1.54) is 0 Å². The van der Waals surface area contributed by atoms with Crippen LogP contribution in [0.4, 0.5) is 0 Å². The molecule has 0 saturated carbocycles. The second kappa shape index (κ2) is 10.5. The van der Waals surface area contributed by atoms with Crippen molar-refractivity contribution in [3.05, 3.63) is 152 Å². The third kappa shape index (κ3) is 4.15. The van der Waals surface area contributed by atoms with Crippen LogP contribution in [0.5, 0.6) is 11.5 Å². The van der Waals surface area contributed by atoms with Crippen molar-refractivity contribution < 1.29 is 9.15 Å². The van der Waals surface area contributed by atoms with Crippen LogP contribution in [0.15, 0.2) is 156 Å². The Morgan fingerprint density at radius 2 is 1.02 bits per heavy atom. The monoisotopic (exact) mass is 615 g/mol. The van der Waals surface area contributed by atoms with Crippen molar-refractivity contribution in [2.24, 2.45) is 0 Å². The highest BCUT2D eigenvalue weighted by Gasteiger charge is 2.26. The molecule has 5 nitrogen and oxygen atoms in total. The van der Waals surface area contributed by atoms with Gasteiger partial charge in [-0.1, -0.05) is 115 Å². The molecule has 0 atom stereocenters. The molecule has 0 fully saturated rings. The van der Waals surface area contributed by atoms with Gasteiger partial charge in [-0.05, 0) is 58.5 Å². The summed E-state index contributed by atoms with van der Waals surface area (Å²) < 4.78 is 12.8. The van der Waals surface area contributed by atoms with Crippen LogP contribution in [-0.2, 0) is 0 Å². The van der Waals surface area contributed by atoms with Crippen molar-refractivity contribution in [1.29, 1.82) is 0 Å². The molecule has 0 aliphatic carbocycles. The molecule has 0 unspecified atom stereocenters. The largest absolute Gasteiger partial charge is 0.456 e. The maximum atomic E-state index is 6.66. The smallest absolute Gasteiger partial charge is 0.164 e. The molecule has 0 bridgehead atoms. The molecule has 7 aromatic carbocycles. The highest BCUT2D eigenvalue weighted by molar-refractivity contribution is 6.12. The van der Waals surface area contributed by atoms with Crippen molar-refractivity contribution in [3.63, 3.8) is 0 Å². The topological polar surface area (TPSA) is 61.0 Å². The molecule has 1 aliphatic heterocycles. The van der Waals surface area contributed by atoms with Gasteiger partial charge in [-0.3, -0.25) is 0 Å². The number of aromatic nitrogens is 3. The zero-order valence-corrected chi connectivity index (χ0v) is 25.6. The van der Waals surface area contributed by atoms with E-state index in [0.29, 0.717) is 17.5 Å². The van der Waals surface area contributed by atoms with Gasteiger partial charge >= 0.3 is 0 Å². The van der Waals surface area contributed by atoms with Crippen molar-refractivity contribution in [3.8, 4) is 67.9 Å². The average Bonchev–Trinajstić information content (AvgIpc) is 3.53. The fourth-order valence-electron chi connectivity index (χ4n) is 6.94. The SMILES string of the molecule is c1ccc(-c2nc(-c3ccccc3)nc(-c3ccc4c5c(cccc35)-c3c(cccc3-c3ccc5oc6ccccc6c5c3)O4)n2)cc1. The zero-order chi connectivity index (χ0) is 31.6. The van der Waals surface area contributed by atoms with E-state index in [9.17, 15) is 0 Å². The minimum Gasteiger partial charge on any atom is -0.456 e. The fraction of sp³-hybridized carbons (Fsp3) is 0. The predicted molar refractivity (Wildman–Crippen MR) is 192 cm³/mol. The number of hydrogen-bond acceptors (Lipinski definition) is 5. The zero-order valence-electron chi connectivity index (χ0n) is 25.6. The molecule has 9 aromatic rings. The maximum absolute atomic E-state index is 6.66. The van der Waals surface area contributed by atoms with Gasteiger partial charge in [-0.2, -0.15) is 0 Å². The predicted octanol–water partition coefficient (Wildman–Crippen LogP) is 11.4. The number of hydrogen-bond donors (Lipinski definition) is 0. The van der Waals surface area contributed by atoms with Crippen LogP contribution in [0, 0.1) is 0 Å². The molecule has 0 N–H and O–H groups in total. The lowest BCUT2D eigenvalue weighted by Gasteiger charge is -2.24. The van der Waals surface area contributed by atoms with Crippen molar-refractivity contribution in [2.75, 3.05) is 0 Å². The number of ether oxygens (including phenoxy) is 1. The van der Waals surface area contributed by atoms with E-state index >= 15 is 0 Å². The first kappa shape index (κ1) is 26.6. The van der Waals surface area contributed by atoms with Crippen LogP contribution in [0.1, 0.15) is 0 Å². The van der Waals surface area contributed by atoms with Gasteiger partial charge in [0, 0.05) is 38.4 Å². The van der Waals surface area contributed by atoms with Crippen molar-refractivity contribution in [2.45, 2.75) is 0 Å². The Balaban J connectivity index is 1.18. The Morgan fingerprint density at radius 1 is 0.375 bits per heavy atom. The summed E-state index contributed by atoms with van der Waals surface area (Å²) in [6, 6.07) is 51.5. The first-order valence-corrected chi connectivity index (χ1v) is 15.9. The minimum atomic E-state index is 0.614. The van der Waals surface area contributed by atoms with Crippen LogP contribution < -0.4 is 4.74 Å². The average molecular weight is 616 g/mol. The second-order valence-corrected chi connectivity index (χ2v) is 12.0. The Hall–Kier alpha value is -6.59. The van der Waals surface area contributed by atoms with Gasteiger partial charge < -0.3 is 9.15 Å². The molecule has 1 aliphatic rings. The molecule has 10 rings (SSSR count). The number of furan rings is 1. The Labute approximate surface area is 275 Å². The lowest BCUT2D eigenvalue weighted by molar-refractivity contribution is 0.487. The summed E-state index contributed by atoms with van der Waals surface area (Å²) in [6.07, 6.45) is 0. The van der Waals surface area contributed by atoms with E-state index in [1.54, 1.807) is 0 Å². The first-order chi connectivity index (χ1) is 23.8. The van der Waals surface area contributed by atoms with Crippen LogP contribution in [0.25, 0.3) is 89.1 Å². The lowest BCUT2D eigenvalue weighted by Crippen LogP contribution is -2.02. The van der Waals surface area contributed by atoms with Gasteiger partial charge in [-0.25, -0.2) is 15.0 Å². The summed E-state index contributed by atoms with van der Waals surface area (Å²) in [5, 5.41) is 4.25.